The third-order valence-electron chi connectivity index (χ3n) is 3.70. The number of rotatable bonds is 4. The highest BCUT2D eigenvalue weighted by atomic mass is 16.2. The van der Waals surface area contributed by atoms with Gasteiger partial charge in [0.1, 0.15) is 5.82 Å². The van der Waals surface area contributed by atoms with E-state index in [1.807, 2.05) is 41.2 Å². The van der Waals surface area contributed by atoms with E-state index < -0.39 is 0 Å². The van der Waals surface area contributed by atoms with Crippen LogP contribution in [0, 0.1) is 0 Å². The lowest BCUT2D eigenvalue weighted by molar-refractivity contribution is 0.159. The fourth-order valence-corrected chi connectivity index (χ4v) is 2.40. The Labute approximate surface area is 121 Å². The minimum atomic E-state index is 0.152. The van der Waals surface area contributed by atoms with Crippen LogP contribution < -0.4 is 4.90 Å². The number of nitrogens with zero attached hydrogens (tertiary/aromatic N) is 4. The molecule has 1 aliphatic heterocycles. The summed E-state index contributed by atoms with van der Waals surface area (Å²) in [6, 6.07) is 6.09. The molecule has 0 spiro atoms. The van der Waals surface area contributed by atoms with E-state index in [4.69, 9.17) is 0 Å². The topological polar surface area (TPSA) is 39.7 Å². The molecule has 20 heavy (non-hydrogen) atoms. The largest absolute Gasteiger partial charge is 0.353 e. The lowest BCUT2D eigenvalue weighted by atomic mass is 10.3. The van der Waals surface area contributed by atoms with Gasteiger partial charge in [0.05, 0.1) is 0 Å². The Morgan fingerprint density at radius 1 is 1.30 bits per heavy atom. The van der Waals surface area contributed by atoms with Gasteiger partial charge in [-0.15, -0.1) is 0 Å². The van der Waals surface area contributed by atoms with Crippen molar-refractivity contribution in [2.75, 3.05) is 44.7 Å². The first-order valence-corrected chi connectivity index (χ1v) is 7.38. The summed E-state index contributed by atoms with van der Waals surface area (Å²) < 4.78 is 0. The Hall–Kier alpha value is -1.78. The zero-order chi connectivity index (χ0) is 14.4. The number of urea groups is 1. The van der Waals surface area contributed by atoms with Crippen LogP contribution in [0.5, 0.6) is 0 Å². The van der Waals surface area contributed by atoms with Gasteiger partial charge in [0.15, 0.2) is 0 Å². The van der Waals surface area contributed by atoms with Crippen molar-refractivity contribution in [3.05, 3.63) is 24.4 Å². The highest BCUT2D eigenvalue weighted by molar-refractivity contribution is 5.74. The molecule has 2 amide bonds. The Morgan fingerprint density at radius 3 is 2.65 bits per heavy atom. The molecule has 5 nitrogen and oxygen atoms in total. The van der Waals surface area contributed by atoms with Gasteiger partial charge < -0.3 is 14.7 Å². The Balaban J connectivity index is 1.83. The zero-order valence-corrected chi connectivity index (χ0v) is 12.5. The highest BCUT2D eigenvalue weighted by Crippen LogP contribution is 2.13. The number of unbranched alkanes of at least 4 members (excludes halogenated alkanes) is 1. The van der Waals surface area contributed by atoms with Crippen LogP contribution in [0.15, 0.2) is 24.4 Å². The molecule has 1 aliphatic rings. The summed E-state index contributed by atoms with van der Waals surface area (Å²) in [6.45, 7) is 6.23. The molecule has 5 heteroatoms. The molecule has 1 saturated heterocycles. The maximum absolute atomic E-state index is 12.3. The van der Waals surface area contributed by atoms with E-state index >= 15 is 0 Å². The highest BCUT2D eigenvalue weighted by Gasteiger charge is 2.23. The number of carbonyl (C=O) groups excluding carboxylic acids is 1. The quantitative estimate of drug-likeness (QED) is 0.845. The second-order valence-electron chi connectivity index (χ2n) is 5.22. The normalized spacial score (nSPS) is 15.3. The van der Waals surface area contributed by atoms with E-state index in [1.165, 1.54) is 0 Å². The summed E-state index contributed by atoms with van der Waals surface area (Å²) in [7, 11) is 1.89. The second kappa shape index (κ2) is 7.12. The molecule has 1 aromatic heterocycles. The fourth-order valence-electron chi connectivity index (χ4n) is 2.40. The molecule has 0 saturated carbocycles. The van der Waals surface area contributed by atoms with Gasteiger partial charge in [-0.2, -0.15) is 0 Å². The summed E-state index contributed by atoms with van der Waals surface area (Å²) in [5.41, 5.74) is 0. The van der Waals surface area contributed by atoms with E-state index in [-0.39, 0.29) is 6.03 Å². The van der Waals surface area contributed by atoms with E-state index in [2.05, 4.69) is 16.8 Å². The molecule has 2 rings (SSSR count). The van der Waals surface area contributed by atoms with Crippen LogP contribution in [0.2, 0.25) is 0 Å². The molecule has 110 valence electrons. The summed E-state index contributed by atoms with van der Waals surface area (Å²) in [4.78, 5) is 22.6. The number of carbonyl (C=O) groups is 1. The van der Waals surface area contributed by atoms with E-state index in [1.54, 1.807) is 0 Å². The number of pyridine rings is 1. The predicted octanol–water partition coefficient (Wildman–Crippen LogP) is 2.06. The first-order chi connectivity index (χ1) is 9.72. The fraction of sp³-hybridized carbons (Fsp3) is 0.600. The molecule has 1 aromatic rings. The van der Waals surface area contributed by atoms with Crippen LogP contribution in [0.1, 0.15) is 19.8 Å². The van der Waals surface area contributed by atoms with Gasteiger partial charge >= 0.3 is 6.03 Å². The average Bonchev–Trinajstić information content (AvgIpc) is 2.53. The molecule has 1 fully saturated rings. The molecule has 2 heterocycles. The Bertz CT molecular complexity index is 415. The van der Waals surface area contributed by atoms with Crippen LogP contribution in [0.25, 0.3) is 0 Å². The van der Waals surface area contributed by atoms with Gasteiger partial charge in [0.25, 0.3) is 0 Å². The van der Waals surface area contributed by atoms with Gasteiger partial charge in [-0.25, -0.2) is 9.78 Å². The maximum atomic E-state index is 12.3. The molecule has 0 bridgehead atoms. The minimum Gasteiger partial charge on any atom is -0.353 e. The number of aromatic nitrogens is 1. The molecule has 0 aliphatic carbocycles. The van der Waals surface area contributed by atoms with Gasteiger partial charge in [-0.1, -0.05) is 19.4 Å². The van der Waals surface area contributed by atoms with Crippen molar-refractivity contribution in [2.24, 2.45) is 0 Å². The average molecular weight is 276 g/mol. The van der Waals surface area contributed by atoms with Crippen molar-refractivity contribution in [3.8, 4) is 0 Å². The maximum Gasteiger partial charge on any atom is 0.319 e. The predicted molar refractivity (Wildman–Crippen MR) is 81.0 cm³/mol. The Kier molecular flexibility index (Phi) is 5.21. The first kappa shape index (κ1) is 14.6. The number of hydrogen-bond donors (Lipinski definition) is 0. The molecular weight excluding hydrogens is 252 g/mol. The monoisotopic (exact) mass is 276 g/mol. The lowest BCUT2D eigenvalue weighted by Gasteiger charge is -2.37. The lowest BCUT2D eigenvalue weighted by Crippen LogP contribution is -2.52. The molecule has 0 aromatic carbocycles. The smallest absolute Gasteiger partial charge is 0.319 e. The van der Waals surface area contributed by atoms with Crippen LogP contribution in [-0.2, 0) is 0 Å². The third kappa shape index (κ3) is 3.62. The summed E-state index contributed by atoms with van der Waals surface area (Å²) in [6.07, 6.45) is 3.99. The summed E-state index contributed by atoms with van der Waals surface area (Å²) >= 11 is 0. The number of amides is 2. The van der Waals surface area contributed by atoms with Crippen LogP contribution in [0.3, 0.4) is 0 Å². The molecular formula is C15H24N4O. The van der Waals surface area contributed by atoms with E-state index in [0.717, 1.165) is 51.4 Å². The minimum absolute atomic E-state index is 0.152. The Morgan fingerprint density at radius 2 is 2.05 bits per heavy atom. The van der Waals surface area contributed by atoms with Crippen LogP contribution >= 0.6 is 0 Å². The first-order valence-electron chi connectivity index (χ1n) is 7.38. The van der Waals surface area contributed by atoms with Gasteiger partial charge in [0.2, 0.25) is 0 Å². The molecule has 0 unspecified atom stereocenters. The third-order valence-corrected chi connectivity index (χ3v) is 3.70. The van der Waals surface area contributed by atoms with Crippen molar-refractivity contribution >= 4 is 11.8 Å². The van der Waals surface area contributed by atoms with Crippen molar-refractivity contribution in [1.29, 1.82) is 0 Å². The second-order valence-corrected chi connectivity index (χ2v) is 5.22. The van der Waals surface area contributed by atoms with Gasteiger partial charge in [-0.3, -0.25) is 0 Å². The number of anilines is 1. The van der Waals surface area contributed by atoms with Crippen molar-refractivity contribution < 1.29 is 4.79 Å². The summed E-state index contributed by atoms with van der Waals surface area (Å²) in [5, 5.41) is 0. The van der Waals surface area contributed by atoms with E-state index in [9.17, 15) is 4.79 Å². The zero-order valence-electron chi connectivity index (χ0n) is 12.5. The number of piperazine rings is 1. The summed E-state index contributed by atoms with van der Waals surface area (Å²) in [5.74, 6) is 0.999. The van der Waals surface area contributed by atoms with Crippen LogP contribution in [0.4, 0.5) is 10.6 Å². The molecule has 0 atom stereocenters. The molecule has 0 N–H and O–H groups in total. The van der Waals surface area contributed by atoms with Gasteiger partial charge in [0, 0.05) is 46.0 Å². The van der Waals surface area contributed by atoms with Crippen molar-refractivity contribution in [3.63, 3.8) is 0 Å². The van der Waals surface area contributed by atoms with Crippen LogP contribution in [-0.4, -0.2) is 60.6 Å². The van der Waals surface area contributed by atoms with Crippen molar-refractivity contribution in [1.82, 2.24) is 14.8 Å². The van der Waals surface area contributed by atoms with Crippen molar-refractivity contribution in [2.45, 2.75) is 19.8 Å². The standard InChI is InChI=1S/C15H24N4O/c1-3-4-9-17(2)15(20)19-12-10-18(11-13-19)14-7-5-6-8-16-14/h5-8H,3-4,9-13H2,1-2H3. The van der Waals surface area contributed by atoms with Gasteiger partial charge in [-0.05, 0) is 18.6 Å². The SMILES string of the molecule is CCCCN(C)C(=O)N1CCN(c2ccccn2)CC1. The molecule has 0 radical (unpaired) electrons. The number of hydrogen-bond acceptors (Lipinski definition) is 3. The van der Waals surface area contributed by atoms with E-state index in [0.29, 0.717) is 0 Å².